The first-order valence-electron chi connectivity index (χ1n) is 4.76. The van der Waals surface area contributed by atoms with Gasteiger partial charge in [0.1, 0.15) is 6.29 Å². The Bertz CT molecular complexity index is 434. The quantitative estimate of drug-likeness (QED) is 0.457. The summed E-state index contributed by atoms with van der Waals surface area (Å²) < 4.78 is 4.74. The largest absolute Gasteiger partial charge is 0.378 e. The number of aliphatic hydroxyl groups is 2. The van der Waals surface area contributed by atoms with Gasteiger partial charge in [-0.2, -0.15) is 0 Å². The average Bonchev–Trinajstić information content (AvgIpc) is 2.36. The molecule has 6 nitrogen and oxygen atoms in total. The molecular weight excluding hydrogens is 226 g/mol. The maximum Gasteiger partial charge on any atom is 0.252 e. The summed E-state index contributed by atoms with van der Waals surface area (Å²) in [4.78, 5) is 21.5. The molecule has 0 saturated carbocycles. The van der Waals surface area contributed by atoms with Gasteiger partial charge in [-0.1, -0.05) is 18.2 Å². The molecule has 6 heteroatoms. The van der Waals surface area contributed by atoms with Crippen molar-refractivity contribution in [3.63, 3.8) is 0 Å². The van der Waals surface area contributed by atoms with Crippen LogP contribution in [0.1, 0.15) is 15.9 Å². The Morgan fingerprint density at radius 2 is 2.24 bits per heavy atom. The van der Waals surface area contributed by atoms with Crippen molar-refractivity contribution in [2.45, 2.75) is 11.9 Å². The highest BCUT2D eigenvalue weighted by Gasteiger charge is 2.41. The molecule has 0 bridgehead atoms. The van der Waals surface area contributed by atoms with E-state index in [1.54, 1.807) is 0 Å². The van der Waals surface area contributed by atoms with Crippen LogP contribution in [-0.4, -0.2) is 35.6 Å². The molecule has 1 amide bonds. The second-order valence-corrected chi connectivity index (χ2v) is 3.45. The number of ether oxygens (including phenoxy) is 1. The molecule has 0 aromatic heterocycles. The van der Waals surface area contributed by atoms with Gasteiger partial charge < -0.3 is 20.7 Å². The van der Waals surface area contributed by atoms with Crippen LogP contribution in [0.4, 0.5) is 0 Å². The van der Waals surface area contributed by atoms with E-state index in [1.165, 1.54) is 24.3 Å². The molecule has 1 rings (SSSR count). The fourth-order valence-electron chi connectivity index (χ4n) is 1.41. The summed E-state index contributed by atoms with van der Waals surface area (Å²) in [6.45, 7) is 0. The molecule has 0 aliphatic heterocycles. The number of aldehydes is 1. The molecule has 1 aromatic carbocycles. The van der Waals surface area contributed by atoms with Gasteiger partial charge in [0, 0.05) is 18.2 Å². The van der Waals surface area contributed by atoms with Gasteiger partial charge in [0.25, 0.3) is 5.91 Å². The molecule has 4 N–H and O–H groups in total. The van der Waals surface area contributed by atoms with Gasteiger partial charge in [0.05, 0.1) is 0 Å². The van der Waals surface area contributed by atoms with Gasteiger partial charge >= 0.3 is 0 Å². The van der Waals surface area contributed by atoms with E-state index in [4.69, 9.17) is 10.5 Å². The van der Waals surface area contributed by atoms with Crippen molar-refractivity contribution in [1.82, 2.24) is 0 Å². The minimum Gasteiger partial charge on any atom is -0.378 e. The van der Waals surface area contributed by atoms with Crippen molar-refractivity contribution in [2.75, 3.05) is 7.11 Å². The molecule has 2 unspecified atom stereocenters. The molecule has 0 fully saturated rings. The Kier molecular flexibility index (Phi) is 3.95. The number of aliphatic hydroxyl groups excluding tert-OH is 1. The van der Waals surface area contributed by atoms with Crippen LogP contribution < -0.4 is 5.73 Å². The number of hydrogen-bond donors (Lipinski definition) is 3. The van der Waals surface area contributed by atoms with Crippen LogP contribution in [0.15, 0.2) is 24.3 Å². The lowest BCUT2D eigenvalue weighted by Crippen LogP contribution is -2.49. The molecule has 0 aliphatic rings. The topological polar surface area (TPSA) is 110 Å². The van der Waals surface area contributed by atoms with Crippen molar-refractivity contribution in [1.29, 1.82) is 0 Å². The Balaban J connectivity index is 3.24. The van der Waals surface area contributed by atoms with Crippen LogP contribution in [0, 0.1) is 0 Å². The highest BCUT2D eigenvalue weighted by atomic mass is 16.6. The fraction of sp³-hybridized carbons (Fsp3) is 0.273. The third-order valence-corrected chi connectivity index (χ3v) is 2.39. The third kappa shape index (κ3) is 2.50. The Hall–Kier alpha value is -1.76. The zero-order valence-electron chi connectivity index (χ0n) is 9.16. The normalized spacial score (nSPS) is 15.9. The maximum atomic E-state index is 10.9. The number of amides is 1. The second-order valence-electron chi connectivity index (χ2n) is 3.45. The molecule has 0 saturated heterocycles. The predicted molar refractivity (Wildman–Crippen MR) is 57.9 cm³/mol. The minimum absolute atomic E-state index is 0.0656. The molecule has 0 spiro atoms. The third-order valence-electron chi connectivity index (χ3n) is 2.39. The lowest BCUT2D eigenvalue weighted by atomic mass is 9.98. The molecule has 2 atom stereocenters. The van der Waals surface area contributed by atoms with Crippen molar-refractivity contribution < 1.29 is 24.5 Å². The second kappa shape index (κ2) is 5.05. The van der Waals surface area contributed by atoms with E-state index in [9.17, 15) is 19.8 Å². The van der Waals surface area contributed by atoms with E-state index in [2.05, 4.69) is 0 Å². The first-order chi connectivity index (χ1) is 7.95. The van der Waals surface area contributed by atoms with Gasteiger partial charge in [-0.05, 0) is 6.07 Å². The van der Waals surface area contributed by atoms with Crippen LogP contribution in [0.25, 0.3) is 0 Å². The molecule has 0 radical (unpaired) electrons. The average molecular weight is 239 g/mol. The SMILES string of the molecule is COC(O)(c1cccc(C=O)c1)C(O)C(N)=O. The first-order valence-corrected chi connectivity index (χ1v) is 4.76. The molecule has 0 heterocycles. The zero-order chi connectivity index (χ0) is 13.1. The van der Waals surface area contributed by atoms with Gasteiger partial charge in [-0.3, -0.25) is 9.59 Å². The number of benzene rings is 1. The van der Waals surface area contributed by atoms with E-state index < -0.39 is 17.8 Å². The zero-order valence-corrected chi connectivity index (χ0v) is 9.16. The molecular formula is C11H13NO5. The number of primary amides is 1. The van der Waals surface area contributed by atoms with Crippen molar-refractivity contribution >= 4 is 12.2 Å². The van der Waals surface area contributed by atoms with Gasteiger partial charge in [-0.25, -0.2) is 0 Å². The van der Waals surface area contributed by atoms with Crippen LogP contribution in [0.3, 0.4) is 0 Å². The summed E-state index contributed by atoms with van der Waals surface area (Å²) >= 11 is 0. The molecule has 1 aromatic rings. The highest BCUT2D eigenvalue weighted by Crippen LogP contribution is 2.26. The van der Waals surface area contributed by atoms with Gasteiger partial charge in [0.15, 0.2) is 6.10 Å². The minimum atomic E-state index is -2.27. The van der Waals surface area contributed by atoms with Crippen molar-refractivity contribution in [3.05, 3.63) is 35.4 Å². The van der Waals surface area contributed by atoms with E-state index in [1.807, 2.05) is 0 Å². The molecule has 92 valence electrons. The summed E-state index contributed by atoms with van der Waals surface area (Å²) in [5.74, 6) is -3.41. The smallest absolute Gasteiger partial charge is 0.252 e. The monoisotopic (exact) mass is 239 g/mol. The van der Waals surface area contributed by atoms with Crippen LogP contribution in [-0.2, 0) is 15.3 Å². The van der Waals surface area contributed by atoms with Crippen LogP contribution >= 0.6 is 0 Å². The summed E-state index contributed by atoms with van der Waals surface area (Å²) in [6.07, 6.45) is -1.37. The maximum absolute atomic E-state index is 10.9. The number of hydrogen-bond acceptors (Lipinski definition) is 5. The number of methoxy groups -OCH3 is 1. The lowest BCUT2D eigenvalue weighted by molar-refractivity contribution is -0.246. The summed E-state index contributed by atoms with van der Waals surface area (Å²) in [7, 11) is 1.11. The van der Waals surface area contributed by atoms with Gasteiger partial charge in [-0.15, -0.1) is 0 Å². The fourth-order valence-corrected chi connectivity index (χ4v) is 1.41. The summed E-state index contributed by atoms with van der Waals surface area (Å²) in [6, 6.07) is 5.69. The van der Waals surface area contributed by atoms with Crippen LogP contribution in [0.5, 0.6) is 0 Å². The molecule has 0 aliphatic carbocycles. The number of rotatable bonds is 5. The highest BCUT2D eigenvalue weighted by molar-refractivity contribution is 5.80. The Morgan fingerprint density at radius 3 is 2.71 bits per heavy atom. The predicted octanol–water partition coefficient (Wildman–Crippen LogP) is -0.863. The van der Waals surface area contributed by atoms with E-state index >= 15 is 0 Å². The summed E-state index contributed by atoms with van der Waals surface area (Å²) in [5, 5.41) is 19.6. The number of nitrogens with two attached hydrogens (primary N) is 1. The van der Waals surface area contributed by atoms with Gasteiger partial charge in [0.2, 0.25) is 5.79 Å². The van der Waals surface area contributed by atoms with E-state index in [0.29, 0.717) is 6.29 Å². The Labute approximate surface area is 97.6 Å². The lowest BCUT2D eigenvalue weighted by Gasteiger charge is -2.30. The standard InChI is InChI=1S/C11H13NO5/c1-17-11(16,9(14)10(12)15)8-4-2-3-7(5-8)6-13/h2-6,9,14,16H,1H3,(H2,12,15). The number of carbonyl (C=O) groups is 2. The Morgan fingerprint density at radius 1 is 1.59 bits per heavy atom. The molecule has 17 heavy (non-hydrogen) atoms. The number of carbonyl (C=O) groups excluding carboxylic acids is 2. The van der Waals surface area contributed by atoms with Crippen molar-refractivity contribution in [2.24, 2.45) is 5.73 Å². The van der Waals surface area contributed by atoms with E-state index in [-0.39, 0.29) is 11.1 Å². The summed E-state index contributed by atoms with van der Waals surface area (Å²) in [5.41, 5.74) is 5.25. The van der Waals surface area contributed by atoms with Crippen LogP contribution in [0.2, 0.25) is 0 Å². The van der Waals surface area contributed by atoms with E-state index in [0.717, 1.165) is 7.11 Å². The van der Waals surface area contributed by atoms with Crippen molar-refractivity contribution in [3.8, 4) is 0 Å². The first kappa shape index (κ1) is 13.3.